The molecule has 0 atom stereocenters. The van der Waals surface area contributed by atoms with E-state index in [2.05, 4.69) is 5.32 Å². The van der Waals surface area contributed by atoms with Gasteiger partial charge in [0.2, 0.25) is 15.9 Å². The Kier molecular flexibility index (Phi) is 7.41. The minimum atomic E-state index is -3.17. The summed E-state index contributed by atoms with van der Waals surface area (Å²) in [5.74, 6) is -0.144. The molecule has 6 nitrogen and oxygen atoms in total. The van der Waals surface area contributed by atoms with Crippen LogP contribution in [0.25, 0.3) is 0 Å². The second-order valence-corrected chi connectivity index (χ2v) is 9.43. The topological polar surface area (TPSA) is 75.7 Å². The molecule has 1 N–H and O–H groups in total. The lowest BCUT2D eigenvalue weighted by molar-refractivity contribution is -0.126. The van der Waals surface area contributed by atoms with Crippen LogP contribution >= 0.6 is 0 Å². The molecule has 2 aromatic carbocycles. The molecule has 29 heavy (non-hydrogen) atoms. The summed E-state index contributed by atoms with van der Waals surface area (Å²) in [6, 6.07) is 18.0. The normalized spacial score (nSPS) is 15.9. The summed E-state index contributed by atoms with van der Waals surface area (Å²) in [7, 11) is -3.17. The van der Waals surface area contributed by atoms with Gasteiger partial charge in [0.05, 0.1) is 19.5 Å². The van der Waals surface area contributed by atoms with E-state index in [4.69, 9.17) is 4.74 Å². The van der Waals surface area contributed by atoms with Crippen LogP contribution in [0, 0.1) is 5.92 Å². The van der Waals surface area contributed by atoms with Gasteiger partial charge in [-0.15, -0.1) is 0 Å². The average molecular weight is 417 g/mol. The number of carbonyl (C=O) groups is 1. The van der Waals surface area contributed by atoms with Crippen molar-refractivity contribution in [3.63, 3.8) is 0 Å². The van der Waals surface area contributed by atoms with E-state index >= 15 is 0 Å². The molecule has 1 aliphatic rings. The quantitative estimate of drug-likeness (QED) is 0.718. The van der Waals surface area contributed by atoms with Gasteiger partial charge < -0.3 is 10.1 Å². The molecule has 1 fully saturated rings. The van der Waals surface area contributed by atoms with Crippen LogP contribution in [0.5, 0.6) is 0 Å². The van der Waals surface area contributed by atoms with Crippen LogP contribution in [0.3, 0.4) is 0 Å². The van der Waals surface area contributed by atoms with E-state index in [1.54, 1.807) is 0 Å². The van der Waals surface area contributed by atoms with E-state index < -0.39 is 10.0 Å². The Labute approximate surface area is 172 Å². The number of rotatable bonds is 8. The first kappa shape index (κ1) is 21.5. The number of hydrogen-bond acceptors (Lipinski definition) is 4. The Morgan fingerprint density at radius 3 is 2.31 bits per heavy atom. The van der Waals surface area contributed by atoms with Crippen molar-refractivity contribution in [3.8, 4) is 0 Å². The molecule has 0 aliphatic carbocycles. The number of piperidine rings is 1. The highest BCUT2D eigenvalue weighted by Crippen LogP contribution is 2.19. The zero-order valence-electron chi connectivity index (χ0n) is 16.7. The summed E-state index contributed by atoms with van der Waals surface area (Å²) < 4.78 is 30.4. The summed E-state index contributed by atoms with van der Waals surface area (Å²) >= 11 is 0. The number of nitrogens with zero attached hydrogens (tertiary/aromatic N) is 1. The van der Waals surface area contributed by atoms with E-state index in [9.17, 15) is 13.2 Å². The monoisotopic (exact) mass is 416 g/mol. The number of hydrogen-bond donors (Lipinski definition) is 1. The predicted molar refractivity (Wildman–Crippen MR) is 112 cm³/mol. The lowest BCUT2D eigenvalue weighted by atomic mass is 9.97. The minimum absolute atomic E-state index is 0.0103. The van der Waals surface area contributed by atoms with E-state index in [-0.39, 0.29) is 11.8 Å². The van der Waals surface area contributed by atoms with Crippen molar-refractivity contribution in [1.29, 1.82) is 0 Å². The van der Waals surface area contributed by atoms with Crippen molar-refractivity contribution < 1.29 is 17.9 Å². The molecule has 7 heteroatoms. The van der Waals surface area contributed by atoms with E-state index in [0.29, 0.717) is 45.7 Å². The van der Waals surface area contributed by atoms with Crippen LogP contribution in [0.4, 0.5) is 0 Å². The maximum atomic E-state index is 12.4. The van der Waals surface area contributed by atoms with Crippen molar-refractivity contribution >= 4 is 15.9 Å². The van der Waals surface area contributed by atoms with Crippen molar-refractivity contribution in [2.24, 2.45) is 5.92 Å². The lowest BCUT2D eigenvalue weighted by Gasteiger charge is -2.29. The van der Waals surface area contributed by atoms with Gasteiger partial charge in [-0.3, -0.25) is 4.79 Å². The van der Waals surface area contributed by atoms with Gasteiger partial charge in [-0.05, 0) is 29.5 Å². The molecule has 1 aliphatic heterocycles. The van der Waals surface area contributed by atoms with Crippen molar-refractivity contribution in [1.82, 2.24) is 9.62 Å². The van der Waals surface area contributed by atoms with Crippen LogP contribution < -0.4 is 5.32 Å². The number of benzene rings is 2. The molecule has 1 amide bonds. The Hall–Kier alpha value is -2.22. The fourth-order valence-electron chi connectivity index (χ4n) is 3.47. The van der Waals surface area contributed by atoms with E-state index in [1.807, 2.05) is 54.6 Å². The Morgan fingerprint density at radius 2 is 1.62 bits per heavy atom. The van der Waals surface area contributed by atoms with Gasteiger partial charge in [0.1, 0.15) is 0 Å². The largest absolute Gasteiger partial charge is 0.372 e. The molecule has 0 spiro atoms. The summed E-state index contributed by atoms with van der Waals surface area (Å²) in [5, 5.41) is 2.98. The highest BCUT2D eigenvalue weighted by atomic mass is 32.2. The number of nitrogens with one attached hydrogen (secondary N) is 1. The minimum Gasteiger partial charge on any atom is -0.372 e. The number of carbonyl (C=O) groups excluding carboxylic acids is 1. The van der Waals surface area contributed by atoms with Gasteiger partial charge in [-0.1, -0.05) is 54.6 Å². The first-order valence-electron chi connectivity index (χ1n) is 9.84. The van der Waals surface area contributed by atoms with Crippen LogP contribution in [0.2, 0.25) is 0 Å². The molecule has 0 radical (unpaired) electrons. The van der Waals surface area contributed by atoms with Crippen LogP contribution in [0.15, 0.2) is 54.6 Å². The summed E-state index contributed by atoms with van der Waals surface area (Å²) in [6.07, 6.45) is 2.34. The maximum Gasteiger partial charge on any atom is 0.223 e. The van der Waals surface area contributed by atoms with Gasteiger partial charge in [-0.25, -0.2) is 12.7 Å². The molecule has 0 unspecified atom stereocenters. The van der Waals surface area contributed by atoms with Crippen molar-refractivity contribution in [2.45, 2.75) is 32.6 Å². The van der Waals surface area contributed by atoms with Crippen molar-refractivity contribution in [3.05, 3.63) is 71.3 Å². The highest BCUT2D eigenvalue weighted by molar-refractivity contribution is 7.88. The number of sulfonamides is 1. The number of ether oxygens (including phenoxy) is 1. The highest BCUT2D eigenvalue weighted by Gasteiger charge is 2.28. The molecule has 0 bridgehead atoms. The van der Waals surface area contributed by atoms with Crippen LogP contribution in [-0.4, -0.2) is 38.0 Å². The molecule has 0 aromatic heterocycles. The third-order valence-corrected chi connectivity index (χ3v) is 6.44. The Bertz CT molecular complexity index is 907. The van der Waals surface area contributed by atoms with Gasteiger partial charge in [0.25, 0.3) is 0 Å². The van der Waals surface area contributed by atoms with Gasteiger partial charge in [0.15, 0.2) is 0 Å². The summed E-state index contributed by atoms with van der Waals surface area (Å²) in [5.41, 5.74) is 3.22. The smallest absolute Gasteiger partial charge is 0.223 e. The number of amides is 1. The molecule has 2 aromatic rings. The summed E-state index contributed by atoms with van der Waals surface area (Å²) in [6.45, 7) is 2.35. The lowest BCUT2D eigenvalue weighted by Crippen LogP contribution is -2.42. The molecule has 1 heterocycles. The first-order chi connectivity index (χ1) is 13.9. The Morgan fingerprint density at radius 1 is 1.00 bits per heavy atom. The molecular weight excluding hydrogens is 388 g/mol. The fraction of sp³-hybridized carbons (Fsp3) is 0.409. The molecule has 3 rings (SSSR count). The fourth-order valence-corrected chi connectivity index (χ4v) is 4.35. The zero-order chi connectivity index (χ0) is 20.7. The average Bonchev–Trinajstić information content (AvgIpc) is 2.72. The van der Waals surface area contributed by atoms with Gasteiger partial charge >= 0.3 is 0 Å². The van der Waals surface area contributed by atoms with Gasteiger partial charge in [-0.2, -0.15) is 0 Å². The zero-order valence-corrected chi connectivity index (χ0v) is 17.5. The van der Waals surface area contributed by atoms with Crippen LogP contribution in [0.1, 0.15) is 29.5 Å². The third kappa shape index (κ3) is 6.66. The van der Waals surface area contributed by atoms with Crippen LogP contribution in [-0.2, 0) is 39.3 Å². The maximum absolute atomic E-state index is 12.4. The third-order valence-electron chi connectivity index (χ3n) is 5.13. The second kappa shape index (κ2) is 10.0. The SMILES string of the molecule is CS(=O)(=O)N1CCC(C(=O)NCc2cccc(COCc3ccccc3)c2)CC1. The Balaban J connectivity index is 1.43. The second-order valence-electron chi connectivity index (χ2n) is 7.45. The summed E-state index contributed by atoms with van der Waals surface area (Å²) in [4.78, 5) is 12.4. The van der Waals surface area contributed by atoms with E-state index in [1.165, 1.54) is 10.6 Å². The molecule has 1 saturated heterocycles. The first-order valence-corrected chi connectivity index (χ1v) is 11.7. The molecular formula is C22H28N2O4S. The molecule has 156 valence electrons. The standard InChI is InChI=1S/C22H28N2O4S/c1-29(26,27)24-12-10-21(11-13-24)22(25)23-15-19-8-5-9-20(14-19)17-28-16-18-6-3-2-4-7-18/h2-9,14,21H,10-13,15-17H2,1H3,(H,23,25). The van der Waals surface area contributed by atoms with Crippen molar-refractivity contribution in [2.75, 3.05) is 19.3 Å². The van der Waals surface area contributed by atoms with Gasteiger partial charge in [0, 0.05) is 25.6 Å². The predicted octanol–water partition coefficient (Wildman–Crippen LogP) is 2.69. The molecule has 0 saturated carbocycles. The van der Waals surface area contributed by atoms with E-state index in [0.717, 1.165) is 16.7 Å².